The molecule has 0 radical (unpaired) electrons. The lowest BCUT2D eigenvalue weighted by Crippen LogP contribution is -2.04. The van der Waals surface area contributed by atoms with Crippen molar-refractivity contribution < 1.29 is 4.39 Å². The third kappa shape index (κ3) is 3.54. The molecule has 4 rings (SSSR count). The average Bonchev–Trinajstić information content (AvgIpc) is 3.02. The summed E-state index contributed by atoms with van der Waals surface area (Å²) in [7, 11) is 0. The second kappa shape index (κ2) is 7.28. The summed E-state index contributed by atoms with van der Waals surface area (Å²) < 4.78 is 17.3. The zero-order valence-electron chi connectivity index (χ0n) is 15.3. The molecule has 27 heavy (non-hydrogen) atoms. The minimum absolute atomic E-state index is 0.219. The van der Waals surface area contributed by atoms with E-state index in [1.165, 1.54) is 11.6 Å². The molecule has 4 heteroatoms. The Hall–Kier alpha value is -2.46. The molecule has 1 aromatic heterocycles. The lowest BCUT2D eigenvalue weighted by atomic mass is 10.0. The topological polar surface area (TPSA) is 17.8 Å². The summed E-state index contributed by atoms with van der Waals surface area (Å²) in [6, 6.07) is 21.7. The number of para-hydroxylation sites is 2. The van der Waals surface area contributed by atoms with Gasteiger partial charge in [0.05, 0.1) is 17.6 Å². The van der Waals surface area contributed by atoms with Gasteiger partial charge in [-0.05, 0) is 35.7 Å². The molecule has 0 aliphatic heterocycles. The number of aromatic nitrogens is 2. The summed E-state index contributed by atoms with van der Waals surface area (Å²) in [4.78, 5) is 4.83. The van der Waals surface area contributed by atoms with Gasteiger partial charge in [0.15, 0.2) is 0 Å². The van der Waals surface area contributed by atoms with E-state index in [-0.39, 0.29) is 5.82 Å². The average molecular weight is 423 g/mol. The molecule has 0 saturated carbocycles. The lowest BCUT2D eigenvalue weighted by molar-refractivity contribution is 0.601. The first-order valence-electron chi connectivity index (χ1n) is 9.02. The Bertz CT molecular complexity index is 1100. The van der Waals surface area contributed by atoms with Crippen molar-refractivity contribution in [2.45, 2.75) is 26.3 Å². The van der Waals surface area contributed by atoms with E-state index in [1.54, 1.807) is 0 Å². The zero-order chi connectivity index (χ0) is 19.0. The van der Waals surface area contributed by atoms with Crippen molar-refractivity contribution in [3.63, 3.8) is 0 Å². The van der Waals surface area contributed by atoms with E-state index in [4.69, 9.17) is 4.98 Å². The molecule has 0 spiro atoms. The van der Waals surface area contributed by atoms with Crippen molar-refractivity contribution in [2.75, 3.05) is 0 Å². The number of hydrogen-bond acceptors (Lipinski definition) is 1. The van der Waals surface area contributed by atoms with Gasteiger partial charge in [-0.1, -0.05) is 72.2 Å². The van der Waals surface area contributed by atoms with E-state index in [0.29, 0.717) is 18.0 Å². The SMILES string of the molecule is CC(C)c1ccc(-c2nc3ccccc3n2Cc2ccc(Br)cc2F)cc1. The van der Waals surface area contributed by atoms with Gasteiger partial charge in [0.1, 0.15) is 11.6 Å². The summed E-state index contributed by atoms with van der Waals surface area (Å²) in [5.74, 6) is 1.12. The summed E-state index contributed by atoms with van der Waals surface area (Å²) in [5.41, 5.74) is 4.88. The van der Waals surface area contributed by atoms with Crippen LogP contribution in [0.4, 0.5) is 4.39 Å². The van der Waals surface area contributed by atoms with E-state index in [2.05, 4.69) is 58.6 Å². The molecule has 2 nitrogen and oxygen atoms in total. The van der Waals surface area contributed by atoms with Crippen LogP contribution in [-0.2, 0) is 6.54 Å². The Morgan fingerprint density at radius 3 is 2.44 bits per heavy atom. The van der Waals surface area contributed by atoms with Crippen molar-refractivity contribution >= 4 is 27.0 Å². The van der Waals surface area contributed by atoms with Crippen molar-refractivity contribution in [1.29, 1.82) is 0 Å². The molecule has 0 unspecified atom stereocenters. The number of rotatable bonds is 4. The summed E-state index contributed by atoms with van der Waals surface area (Å²) in [6.45, 7) is 4.79. The van der Waals surface area contributed by atoms with Gasteiger partial charge in [-0.2, -0.15) is 0 Å². The Kier molecular flexibility index (Phi) is 4.83. The molecule has 0 atom stereocenters. The van der Waals surface area contributed by atoms with Gasteiger partial charge < -0.3 is 4.57 Å². The highest BCUT2D eigenvalue weighted by Gasteiger charge is 2.15. The largest absolute Gasteiger partial charge is 0.319 e. The minimum Gasteiger partial charge on any atom is -0.319 e. The molecule has 1 heterocycles. The first-order chi connectivity index (χ1) is 13.0. The Morgan fingerprint density at radius 2 is 1.74 bits per heavy atom. The predicted octanol–water partition coefficient (Wildman–Crippen LogP) is 6.78. The van der Waals surface area contributed by atoms with Crippen LogP contribution >= 0.6 is 15.9 Å². The summed E-state index contributed by atoms with van der Waals surface area (Å²) >= 11 is 3.32. The molecule has 0 N–H and O–H groups in total. The molecule has 0 saturated heterocycles. The second-order valence-electron chi connectivity index (χ2n) is 7.02. The molecule has 0 aliphatic carbocycles. The number of imidazole rings is 1. The maximum absolute atomic E-state index is 14.5. The highest BCUT2D eigenvalue weighted by molar-refractivity contribution is 9.10. The molecule has 4 aromatic rings. The lowest BCUT2D eigenvalue weighted by Gasteiger charge is -2.12. The maximum Gasteiger partial charge on any atom is 0.141 e. The summed E-state index contributed by atoms with van der Waals surface area (Å²) in [5, 5.41) is 0. The molecule has 136 valence electrons. The Balaban J connectivity index is 1.84. The normalized spacial score (nSPS) is 11.4. The molecule has 0 aliphatic rings. The van der Waals surface area contributed by atoms with Crippen LogP contribution in [-0.4, -0.2) is 9.55 Å². The number of nitrogens with zero attached hydrogens (tertiary/aromatic N) is 2. The third-order valence-electron chi connectivity index (χ3n) is 4.83. The molecule has 0 amide bonds. The highest BCUT2D eigenvalue weighted by Crippen LogP contribution is 2.28. The Morgan fingerprint density at radius 1 is 1.00 bits per heavy atom. The molecular formula is C23H20BrFN2. The van der Waals surface area contributed by atoms with Crippen LogP contribution in [0.25, 0.3) is 22.4 Å². The predicted molar refractivity (Wildman–Crippen MR) is 112 cm³/mol. The van der Waals surface area contributed by atoms with E-state index in [1.807, 2.05) is 36.4 Å². The van der Waals surface area contributed by atoms with Gasteiger partial charge in [0, 0.05) is 15.6 Å². The van der Waals surface area contributed by atoms with Crippen LogP contribution in [0, 0.1) is 5.82 Å². The monoisotopic (exact) mass is 422 g/mol. The number of fused-ring (bicyclic) bond motifs is 1. The van der Waals surface area contributed by atoms with Crippen LogP contribution in [0.3, 0.4) is 0 Å². The van der Waals surface area contributed by atoms with Gasteiger partial charge >= 0.3 is 0 Å². The fourth-order valence-electron chi connectivity index (χ4n) is 3.29. The zero-order valence-corrected chi connectivity index (χ0v) is 16.9. The van der Waals surface area contributed by atoms with Crippen molar-refractivity contribution in [3.8, 4) is 11.4 Å². The van der Waals surface area contributed by atoms with Crippen molar-refractivity contribution in [1.82, 2.24) is 9.55 Å². The number of benzene rings is 3. The molecular weight excluding hydrogens is 403 g/mol. The van der Waals surface area contributed by atoms with E-state index in [9.17, 15) is 4.39 Å². The standard InChI is InChI=1S/C23H20BrFN2/c1-15(2)16-7-9-17(10-8-16)23-26-21-5-3-4-6-22(21)27(23)14-18-11-12-19(24)13-20(18)25/h3-13,15H,14H2,1-2H3. The van der Waals surface area contributed by atoms with Crippen LogP contribution in [0.2, 0.25) is 0 Å². The fraction of sp³-hybridized carbons (Fsp3) is 0.174. The third-order valence-corrected chi connectivity index (χ3v) is 5.33. The van der Waals surface area contributed by atoms with Crippen LogP contribution in [0.1, 0.15) is 30.9 Å². The van der Waals surface area contributed by atoms with E-state index >= 15 is 0 Å². The van der Waals surface area contributed by atoms with E-state index < -0.39 is 0 Å². The van der Waals surface area contributed by atoms with Gasteiger partial charge in [0.25, 0.3) is 0 Å². The fourth-order valence-corrected chi connectivity index (χ4v) is 3.63. The Labute approximate surface area is 166 Å². The van der Waals surface area contributed by atoms with Gasteiger partial charge in [-0.25, -0.2) is 9.37 Å². The number of halogens is 2. The smallest absolute Gasteiger partial charge is 0.141 e. The first-order valence-corrected chi connectivity index (χ1v) is 9.82. The first kappa shape index (κ1) is 17.9. The molecule has 3 aromatic carbocycles. The minimum atomic E-state index is -0.219. The maximum atomic E-state index is 14.5. The summed E-state index contributed by atoms with van der Waals surface area (Å²) in [6.07, 6.45) is 0. The van der Waals surface area contributed by atoms with Crippen molar-refractivity contribution in [2.24, 2.45) is 0 Å². The second-order valence-corrected chi connectivity index (χ2v) is 7.94. The quantitative estimate of drug-likeness (QED) is 0.354. The van der Waals surface area contributed by atoms with Gasteiger partial charge in [0.2, 0.25) is 0 Å². The van der Waals surface area contributed by atoms with Crippen molar-refractivity contribution in [3.05, 3.63) is 88.1 Å². The molecule has 0 bridgehead atoms. The van der Waals surface area contributed by atoms with Crippen LogP contribution in [0.15, 0.2) is 71.2 Å². The van der Waals surface area contributed by atoms with Gasteiger partial charge in [-0.3, -0.25) is 0 Å². The van der Waals surface area contributed by atoms with E-state index in [0.717, 1.165) is 26.9 Å². The van der Waals surface area contributed by atoms with Crippen LogP contribution in [0.5, 0.6) is 0 Å². The highest BCUT2D eigenvalue weighted by atomic mass is 79.9. The van der Waals surface area contributed by atoms with Crippen LogP contribution < -0.4 is 0 Å². The molecule has 0 fully saturated rings. The van der Waals surface area contributed by atoms with Gasteiger partial charge in [-0.15, -0.1) is 0 Å². The number of hydrogen-bond donors (Lipinski definition) is 0.